The molecule has 2 N–H and O–H groups in total. The fraction of sp³-hybridized carbons (Fsp3) is 0.500. The molecule has 1 amide bonds. The van der Waals surface area contributed by atoms with Crippen molar-refractivity contribution < 1.29 is 4.79 Å². The molecule has 108 valence electrons. The first-order chi connectivity index (χ1) is 9.71. The number of rotatable bonds is 7. The molecule has 0 saturated heterocycles. The average molecular weight is 294 g/mol. The highest BCUT2D eigenvalue weighted by Crippen LogP contribution is 2.11. The molecule has 0 fully saturated rings. The summed E-state index contributed by atoms with van der Waals surface area (Å²) in [7, 11) is 0. The van der Waals surface area contributed by atoms with Gasteiger partial charge in [-0.2, -0.15) is 5.10 Å². The van der Waals surface area contributed by atoms with Crippen LogP contribution < -0.4 is 5.32 Å². The Balaban J connectivity index is 1.72. The first kappa shape index (κ1) is 14.6. The second-order valence-corrected chi connectivity index (χ2v) is 5.13. The summed E-state index contributed by atoms with van der Waals surface area (Å²) in [6, 6.07) is 0. The molecule has 0 bridgehead atoms. The van der Waals surface area contributed by atoms with Gasteiger partial charge in [0.15, 0.2) is 0 Å². The zero-order valence-corrected chi connectivity index (χ0v) is 12.4. The van der Waals surface area contributed by atoms with Crippen molar-refractivity contribution in [3.63, 3.8) is 0 Å². The first-order valence-electron chi connectivity index (χ1n) is 6.53. The Hall–Kier alpha value is -1.83. The largest absolute Gasteiger partial charge is 0.351 e. The van der Waals surface area contributed by atoms with Gasteiger partial charge in [0, 0.05) is 31.3 Å². The quantitative estimate of drug-likeness (QED) is 0.744. The van der Waals surface area contributed by atoms with Crippen LogP contribution >= 0.6 is 11.8 Å². The summed E-state index contributed by atoms with van der Waals surface area (Å²) in [6.07, 6.45) is 4.50. The van der Waals surface area contributed by atoms with Crippen molar-refractivity contribution in [2.75, 3.05) is 5.75 Å². The van der Waals surface area contributed by atoms with Crippen LogP contribution in [0.1, 0.15) is 25.2 Å². The number of amides is 1. The topological polar surface area (TPSA) is 88.5 Å². The molecule has 0 unspecified atom stereocenters. The Morgan fingerprint density at radius 2 is 2.35 bits per heavy atom. The number of nitrogens with one attached hydrogen (secondary N) is 2. The molecule has 20 heavy (non-hydrogen) atoms. The molecule has 0 aromatic carbocycles. The maximum absolute atomic E-state index is 11.7. The molecule has 0 atom stereocenters. The molecule has 0 saturated carbocycles. The number of carbonyl (C=O) groups is 1. The van der Waals surface area contributed by atoms with Crippen LogP contribution in [-0.2, 0) is 24.3 Å². The van der Waals surface area contributed by atoms with Crippen molar-refractivity contribution in [1.82, 2.24) is 30.3 Å². The molecular weight excluding hydrogens is 276 g/mol. The number of hydrogen-bond acceptors (Lipinski definition) is 5. The van der Waals surface area contributed by atoms with Gasteiger partial charge in [0.1, 0.15) is 5.82 Å². The number of H-pyrrole nitrogens is 1. The minimum atomic E-state index is -0.0397. The maximum atomic E-state index is 11.7. The predicted octanol–water partition coefficient (Wildman–Crippen LogP) is 0.992. The molecule has 7 nitrogen and oxygen atoms in total. The summed E-state index contributed by atoms with van der Waals surface area (Å²) < 4.78 is 1.83. The van der Waals surface area contributed by atoms with Gasteiger partial charge < -0.3 is 5.32 Å². The van der Waals surface area contributed by atoms with Gasteiger partial charge in [-0.05, 0) is 6.92 Å². The van der Waals surface area contributed by atoms with Gasteiger partial charge in [-0.15, -0.1) is 5.10 Å². The summed E-state index contributed by atoms with van der Waals surface area (Å²) in [5.41, 5.74) is 0.997. The lowest BCUT2D eigenvalue weighted by atomic mass is 10.3. The Kier molecular flexibility index (Phi) is 5.16. The minimum absolute atomic E-state index is 0.0397. The van der Waals surface area contributed by atoms with E-state index in [9.17, 15) is 4.79 Å². The zero-order chi connectivity index (χ0) is 14.4. The van der Waals surface area contributed by atoms with Gasteiger partial charge in [-0.1, -0.05) is 18.7 Å². The van der Waals surface area contributed by atoms with E-state index in [1.807, 2.05) is 24.7 Å². The van der Waals surface area contributed by atoms with E-state index in [1.165, 1.54) is 11.8 Å². The molecule has 0 aliphatic carbocycles. The van der Waals surface area contributed by atoms with Crippen LogP contribution in [0.15, 0.2) is 17.6 Å². The highest BCUT2D eigenvalue weighted by molar-refractivity contribution is 7.99. The van der Waals surface area contributed by atoms with E-state index < -0.39 is 0 Å². The molecule has 8 heteroatoms. The molecule has 0 spiro atoms. The van der Waals surface area contributed by atoms with E-state index in [1.54, 1.807) is 6.20 Å². The van der Waals surface area contributed by atoms with Gasteiger partial charge in [-0.3, -0.25) is 14.6 Å². The number of hydrogen-bond donors (Lipinski definition) is 2. The zero-order valence-electron chi connectivity index (χ0n) is 11.6. The predicted molar refractivity (Wildman–Crippen MR) is 76.2 cm³/mol. The third-order valence-electron chi connectivity index (χ3n) is 2.68. The van der Waals surface area contributed by atoms with Crippen molar-refractivity contribution >= 4 is 17.7 Å². The average Bonchev–Trinajstić information content (AvgIpc) is 3.11. The van der Waals surface area contributed by atoms with Crippen LogP contribution in [0, 0.1) is 0 Å². The van der Waals surface area contributed by atoms with Crippen molar-refractivity contribution in [3.05, 3.63) is 23.8 Å². The maximum Gasteiger partial charge on any atom is 0.230 e. The van der Waals surface area contributed by atoms with Crippen molar-refractivity contribution in [2.45, 2.75) is 38.5 Å². The highest BCUT2D eigenvalue weighted by atomic mass is 32.2. The summed E-state index contributed by atoms with van der Waals surface area (Å²) in [4.78, 5) is 16.0. The summed E-state index contributed by atoms with van der Waals surface area (Å²) in [5.74, 6) is 1.10. The normalized spacial score (nSPS) is 10.7. The first-order valence-corrected chi connectivity index (χ1v) is 7.52. The number of carbonyl (C=O) groups excluding carboxylic acids is 1. The van der Waals surface area contributed by atoms with Gasteiger partial charge >= 0.3 is 0 Å². The van der Waals surface area contributed by atoms with Crippen LogP contribution in [0.5, 0.6) is 0 Å². The van der Waals surface area contributed by atoms with E-state index in [4.69, 9.17) is 0 Å². The van der Waals surface area contributed by atoms with E-state index in [0.29, 0.717) is 17.5 Å². The lowest BCUT2D eigenvalue weighted by molar-refractivity contribution is -0.118. The standard InChI is InChI=1S/C12H18N6OS/c1-3-10-15-12(17-16-10)20-8-11(19)13-5-9-6-14-18(4-2)7-9/h6-7H,3-5,8H2,1-2H3,(H,13,19)(H,15,16,17). The Bertz CT molecular complexity index is 516. The molecule has 0 aliphatic rings. The fourth-order valence-corrected chi connectivity index (χ4v) is 2.20. The number of aromatic amines is 1. The molecular formula is C12H18N6OS. The Morgan fingerprint density at radius 3 is 3.00 bits per heavy atom. The monoisotopic (exact) mass is 294 g/mol. The van der Waals surface area contributed by atoms with Gasteiger partial charge in [0.05, 0.1) is 11.9 Å². The SMILES string of the molecule is CCc1nc(SCC(=O)NCc2cnn(CC)c2)n[nH]1. The van der Waals surface area contributed by atoms with Crippen LogP contribution in [0.3, 0.4) is 0 Å². The van der Waals surface area contributed by atoms with Gasteiger partial charge in [0.2, 0.25) is 11.1 Å². The van der Waals surface area contributed by atoms with E-state index in [-0.39, 0.29) is 5.91 Å². The summed E-state index contributed by atoms with van der Waals surface area (Å²) in [5, 5.41) is 14.5. The highest BCUT2D eigenvalue weighted by Gasteiger charge is 2.07. The van der Waals surface area contributed by atoms with Crippen LogP contribution in [0.4, 0.5) is 0 Å². The second-order valence-electron chi connectivity index (χ2n) is 4.19. The number of thioether (sulfide) groups is 1. The third kappa shape index (κ3) is 4.09. The van der Waals surface area contributed by atoms with Gasteiger partial charge in [0.25, 0.3) is 0 Å². The number of nitrogens with zero attached hydrogens (tertiary/aromatic N) is 4. The summed E-state index contributed by atoms with van der Waals surface area (Å²) in [6.45, 7) is 5.34. The number of aromatic nitrogens is 5. The molecule has 2 rings (SSSR count). The van der Waals surface area contributed by atoms with Crippen molar-refractivity contribution in [3.8, 4) is 0 Å². The Morgan fingerprint density at radius 1 is 1.50 bits per heavy atom. The second kappa shape index (κ2) is 7.09. The molecule has 0 aliphatic heterocycles. The van der Waals surface area contributed by atoms with Crippen LogP contribution in [-0.4, -0.2) is 36.6 Å². The van der Waals surface area contributed by atoms with Crippen LogP contribution in [0.25, 0.3) is 0 Å². The molecule has 2 aromatic rings. The lowest BCUT2D eigenvalue weighted by Crippen LogP contribution is -2.24. The van der Waals surface area contributed by atoms with E-state index >= 15 is 0 Å². The fourth-order valence-electron chi connectivity index (χ4n) is 1.55. The van der Waals surface area contributed by atoms with Crippen LogP contribution in [0.2, 0.25) is 0 Å². The minimum Gasteiger partial charge on any atom is -0.351 e. The molecule has 2 aromatic heterocycles. The Labute approximate surface area is 121 Å². The van der Waals surface area contributed by atoms with Gasteiger partial charge in [-0.25, -0.2) is 4.98 Å². The van der Waals surface area contributed by atoms with E-state index in [2.05, 4.69) is 25.6 Å². The number of aryl methyl sites for hydroxylation is 2. The molecule has 2 heterocycles. The summed E-state index contributed by atoms with van der Waals surface area (Å²) >= 11 is 1.32. The van der Waals surface area contributed by atoms with Crippen molar-refractivity contribution in [2.24, 2.45) is 0 Å². The van der Waals surface area contributed by atoms with E-state index in [0.717, 1.165) is 24.4 Å². The lowest BCUT2D eigenvalue weighted by Gasteiger charge is -2.01. The smallest absolute Gasteiger partial charge is 0.230 e. The third-order valence-corrected chi connectivity index (χ3v) is 3.53. The molecule has 0 radical (unpaired) electrons. The van der Waals surface area contributed by atoms with Crippen molar-refractivity contribution in [1.29, 1.82) is 0 Å².